The highest BCUT2D eigenvalue weighted by Gasteiger charge is 2.50. The number of carboxylic acid groups (broad SMARTS) is 1. The molecule has 0 unspecified atom stereocenters. The van der Waals surface area contributed by atoms with E-state index < -0.39 is 11.4 Å². The molecule has 0 aliphatic heterocycles. The number of hydrogen-bond donors (Lipinski definition) is 1. The molecule has 1 saturated carbocycles. The van der Waals surface area contributed by atoms with Crippen LogP contribution in [-0.2, 0) is 11.2 Å². The summed E-state index contributed by atoms with van der Waals surface area (Å²) in [6, 6.07) is 0. The summed E-state index contributed by atoms with van der Waals surface area (Å²) in [5.74, 6) is -0.706. The Balaban J connectivity index is 2.19. The first-order valence-corrected chi connectivity index (χ1v) is 4.64. The van der Waals surface area contributed by atoms with E-state index in [-0.39, 0.29) is 0 Å². The molecule has 2 rings (SSSR count). The number of aryl methyl sites for hydroxylation is 1. The van der Waals surface area contributed by atoms with Gasteiger partial charge in [-0.1, -0.05) is 0 Å². The molecule has 0 bridgehead atoms. The molecular formula is C10H12N2O2. The Morgan fingerprint density at radius 2 is 2.14 bits per heavy atom. The van der Waals surface area contributed by atoms with Gasteiger partial charge >= 0.3 is 5.97 Å². The van der Waals surface area contributed by atoms with Gasteiger partial charge in [0.15, 0.2) is 0 Å². The van der Waals surface area contributed by atoms with Gasteiger partial charge < -0.3 is 5.11 Å². The maximum atomic E-state index is 11.0. The highest BCUT2D eigenvalue weighted by Crippen LogP contribution is 2.48. The van der Waals surface area contributed by atoms with Crippen LogP contribution in [0, 0.1) is 12.3 Å². The number of aliphatic carboxylic acids is 1. The van der Waals surface area contributed by atoms with Gasteiger partial charge in [-0.2, -0.15) is 0 Å². The monoisotopic (exact) mass is 192 g/mol. The lowest BCUT2D eigenvalue weighted by Crippen LogP contribution is -2.19. The molecule has 1 aromatic heterocycles. The van der Waals surface area contributed by atoms with Crippen LogP contribution < -0.4 is 0 Å². The number of aromatic nitrogens is 2. The maximum Gasteiger partial charge on any atom is 0.310 e. The van der Waals surface area contributed by atoms with E-state index in [9.17, 15) is 4.79 Å². The van der Waals surface area contributed by atoms with Gasteiger partial charge in [0.2, 0.25) is 0 Å². The highest BCUT2D eigenvalue weighted by molar-refractivity contribution is 5.78. The fourth-order valence-electron chi connectivity index (χ4n) is 1.55. The van der Waals surface area contributed by atoms with Crippen LogP contribution in [-0.4, -0.2) is 21.0 Å². The average Bonchev–Trinajstić information content (AvgIpc) is 2.90. The maximum absolute atomic E-state index is 11.0. The van der Waals surface area contributed by atoms with Gasteiger partial charge in [0.1, 0.15) is 0 Å². The zero-order chi connectivity index (χ0) is 10.2. The summed E-state index contributed by atoms with van der Waals surface area (Å²) < 4.78 is 0. The Morgan fingerprint density at radius 3 is 2.64 bits per heavy atom. The van der Waals surface area contributed by atoms with E-state index in [2.05, 4.69) is 9.97 Å². The third kappa shape index (κ3) is 1.47. The van der Waals surface area contributed by atoms with Gasteiger partial charge in [-0.15, -0.1) is 0 Å². The summed E-state index contributed by atoms with van der Waals surface area (Å²) >= 11 is 0. The van der Waals surface area contributed by atoms with Crippen LogP contribution in [0.15, 0.2) is 12.4 Å². The quantitative estimate of drug-likeness (QED) is 0.781. The molecule has 0 spiro atoms. The van der Waals surface area contributed by atoms with Gasteiger partial charge in [0.05, 0.1) is 16.8 Å². The van der Waals surface area contributed by atoms with E-state index >= 15 is 0 Å². The van der Waals surface area contributed by atoms with E-state index in [0.29, 0.717) is 6.42 Å². The van der Waals surface area contributed by atoms with Crippen molar-refractivity contribution in [3.63, 3.8) is 0 Å². The van der Waals surface area contributed by atoms with Crippen LogP contribution in [0.3, 0.4) is 0 Å². The molecule has 1 fully saturated rings. The lowest BCUT2D eigenvalue weighted by molar-refractivity contribution is -0.143. The van der Waals surface area contributed by atoms with Crippen molar-refractivity contribution in [1.82, 2.24) is 9.97 Å². The first-order chi connectivity index (χ1) is 6.64. The first kappa shape index (κ1) is 9.12. The smallest absolute Gasteiger partial charge is 0.310 e. The van der Waals surface area contributed by atoms with Crippen LogP contribution in [0.1, 0.15) is 24.2 Å². The summed E-state index contributed by atoms with van der Waals surface area (Å²) in [4.78, 5) is 19.2. The predicted octanol–water partition coefficient (Wildman–Crippen LogP) is 1.19. The van der Waals surface area contributed by atoms with Crippen LogP contribution in [0.5, 0.6) is 0 Å². The van der Waals surface area contributed by atoms with Crippen molar-refractivity contribution in [3.8, 4) is 0 Å². The Hall–Kier alpha value is -1.45. The second kappa shape index (κ2) is 3.04. The minimum Gasteiger partial charge on any atom is -0.481 e. The second-order valence-electron chi connectivity index (χ2n) is 3.85. The van der Waals surface area contributed by atoms with Crippen molar-refractivity contribution in [2.24, 2.45) is 5.41 Å². The molecule has 0 atom stereocenters. The van der Waals surface area contributed by atoms with Crippen molar-refractivity contribution < 1.29 is 9.90 Å². The zero-order valence-corrected chi connectivity index (χ0v) is 8.03. The number of carboxylic acids is 1. The topological polar surface area (TPSA) is 63.1 Å². The Labute approximate surface area is 82.0 Å². The minimum absolute atomic E-state index is 0.516. The number of carbonyl (C=O) groups is 1. The van der Waals surface area contributed by atoms with Crippen LogP contribution >= 0.6 is 0 Å². The molecule has 0 amide bonds. The molecule has 74 valence electrons. The third-order valence-corrected chi connectivity index (χ3v) is 2.80. The molecule has 0 aromatic carbocycles. The van der Waals surface area contributed by atoms with Crippen molar-refractivity contribution in [3.05, 3.63) is 23.8 Å². The van der Waals surface area contributed by atoms with Crippen molar-refractivity contribution in [2.75, 3.05) is 0 Å². The molecular weight excluding hydrogens is 180 g/mol. The molecule has 1 aliphatic carbocycles. The summed E-state index contributed by atoms with van der Waals surface area (Å²) in [7, 11) is 0. The zero-order valence-electron chi connectivity index (χ0n) is 8.03. The molecule has 1 heterocycles. The average molecular weight is 192 g/mol. The van der Waals surface area contributed by atoms with Gasteiger partial charge in [0.25, 0.3) is 0 Å². The number of nitrogens with zero attached hydrogens (tertiary/aromatic N) is 2. The van der Waals surface area contributed by atoms with Crippen LogP contribution in [0.2, 0.25) is 0 Å². The number of rotatable bonds is 3. The van der Waals surface area contributed by atoms with Crippen molar-refractivity contribution >= 4 is 5.97 Å². The summed E-state index contributed by atoms with van der Waals surface area (Å²) in [5, 5.41) is 9.01. The molecule has 1 N–H and O–H groups in total. The van der Waals surface area contributed by atoms with Gasteiger partial charge in [-0.25, -0.2) is 0 Å². The summed E-state index contributed by atoms with van der Waals surface area (Å²) in [5.41, 5.74) is 1.10. The summed E-state index contributed by atoms with van der Waals surface area (Å²) in [6.07, 6.45) is 5.28. The van der Waals surface area contributed by atoms with Gasteiger partial charge in [0, 0.05) is 18.8 Å². The van der Waals surface area contributed by atoms with Crippen molar-refractivity contribution in [2.45, 2.75) is 26.2 Å². The molecule has 4 nitrogen and oxygen atoms in total. The molecule has 1 aromatic rings. The molecule has 4 heteroatoms. The Kier molecular flexibility index (Phi) is 1.98. The third-order valence-electron chi connectivity index (χ3n) is 2.80. The van der Waals surface area contributed by atoms with Gasteiger partial charge in [-0.05, 0) is 19.8 Å². The standard InChI is InChI=1S/C10H12N2O2/c1-7-8(12-5-4-11-7)6-10(2-3-10)9(13)14/h4-5H,2-3,6H2,1H3,(H,13,14). The van der Waals surface area contributed by atoms with E-state index in [4.69, 9.17) is 5.11 Å². The molecule has 1 aliphatic rings. The summed E-state index contributed by atoms with van der Waals surface area (Å²) in [6.45, 7) is 1.86. The lowest BCUT2D eigenvalue weighted by atomic mass is 9.99. The van der Waals surface area contributed by atoms with E-state index in [1.807, 2.05) is 6.92 Å². The second-order valence-corrected chi connectivity index (χ2v) is 3.85. The Morgan fingerprint density at radius 1 is 1.50 bits per heavy atom. The SMILES string of the molecule is Cc1nccnc1CC1(C(=O)O)CC1. The molecule has 14 heavy (non-hydrogen) atoms. The highest BCUT2D eigenvalue weighted by atomic mass is 16.4. The predicted molar refractivity (Wildman–Crippen MR) is 49.8 cm³/mol. The number of hydrogen-bond acceptors (Lipinski definition) is 3. The largest absolute Gasteiger partial charge is 0.481 e. The first-order valence-electron chi connectivity index (χ1n) is 4.64. The van der Waals surface area contributed by atoms with E-state index in [0.717, 1.165) is 24.2 Å². The van der Waals surface area contributed by atoms with Crippen LogP contribution in [0.4, 0.5) is 0 Å². The van der Waals surface area contributed by atoms with E-state index in [1.54, 1.807) is 12.4 Å². The molecule has 0 saturated heterocycles. The van der Waals surface area contributed by atoms with Crippen molar-refractivity contribution in [1.29, 1.82) is 0 Å². The Bertz CT molecular complexity index is 372. The van der Waals surface area contributed by atoms with Crippen LogP contribution in [0.25, 0.3) is 0 Å². The minimum atomic E-state index is -0.706. The lowest BCUT2D eigenvalue weighted by Gasteiger charge is -2.09. The molecule has 0 radical (unpaired) electrons. The fourth-order valence-corrected chi connectivity index (χ4v) is 1.55. The fraction of sp³-hybridized carbons (Fsp3) is 0.500. The van der Waals surface area contributed by atoms with E-state index in [1.165, 1.54) is 0 Å². The normalized spacial score (nSPS) is 17.8. The van der Waals surface area contributed by atoms with Gasteiger partial charge in [-0.3, -0.25) is 14.8 Å².